The van der Waals surface area contributed by atoms with Gasteiger partial charge in [0, 0.05) is 41.2 Å². The molecular weight excluding hydrogens is 324 g/mol. The first-order valence-electron chi connectivity index (χ1n) is 7.17. The summed E-state index contributed by atoms with van der Waals surface area (Å²) in [4.78, 5) is 0. The van der Waals surface area contributed by atoms with Gasteiger partial charge in [-0.1, -0.05) is 52.3 Å². The fraction of sp³-hybridized carbons (Fsp3) is 0.222. The smallest absolute Gasteiger partial charge is 0.0481 e. The van der Waals surface area contributed by atoms with Crippen molar-refractivity contribution in [3.63, 3.8) is 0 Å². The number of para-hydroxylation sites is 1. The molecule has 1 N–H and O–H groups in total. The number of nitrogens with zero attached hydrogens (tertiary/aromatic N) is 1. The van der Waals surface area contributed by atoms with Crippen LogP contribution in [0.2, 0.25) is 0 Å². The van der Waals surface area contributed by atoms with Crippen LogP contribution in [-0.4, -0.2) is 4.57 Å². The summed E-state index contributed by atoms with van der Waals surface area (Å²) in [6.45, 7) is 3.06. The third-order valence-electron chi connectivity index (χ3n) is 3.95. The van der Waals surface area contributed by atoms with Crippen LogP contribution in [0.25, 0.3) is 10.9 Å². The van der Waals surface area contributed by atoms with Crippen LogP contribution in [0.1, 0.15) is 24.1 Å². The largest absolute Gasteiger partial charge is 0.350 e. The van der Waals surface area contributed by atoms with Crippen molar-refractivity contribution in [1.29, 1.82) is 0 Å². The molecule has 0 aliphatic heterocycles. The maximum Gasteiger partial charge on any atom is 0.0481 e. The van der Waals surface area contributed by atoms with Crippen molar-refractivity contribution in [2.75, 3.05) is 0 Å². The summed E-state index contributed by atoms with van der Waals surface area (Å²) in [5, 5.41) is 4.94. The lowest BCUT2D eigenvalue weighted by molar-refractivity contribution is 0.574. The Balaban J connectivity index is 1.79. The fourth-order valence-corrected chi connectivity index (χ4v) is 3.39. The number of aryl methyl sites for hydroxylation is 1. The number of rotatable bonds is 4. The third kappa shape index (κ3) is 2.89. The molecule has 1 heterocycles. The van der Waals surface area contributed by atoms with Crippen LogP contribution in [0.3, 0.4) is 0 Å². The molecule has 3 rings (SSSR count). The van der Waals surface area contributed by atoms with Gasteiger partial charge < -0.3 is 9.88 Å². The van der Waals surface area contributed by atoms with Crippen molar-refractivity contribution in [3.05, 3.63) is 70.3 Å². The van der Waals surface area contributed by atoms with Gasteiger partial charge in [-0.15, -0.1) is 0 Å². The molecule has 3 heteroatoms. The van der Waals surface area contributed by atoms with E-state index in [0.717, 1.165) is 11.0 Å². The lowest BCUT2D eigenvalue weighted by atomic mass is 10.1. The molecule has 1 aromatic heterocycles. The molecule has 0 amide bonds. The quantitative estimate of drug-likeness (QED) is 0.721. The van der Waals surface area contributed by atoms with Crippen LogP contribution < -0.4 is 5.32 Å². The highest BCUT2D eigenvalue weighted by Crippen LogP contribution is 2.24. The van der Waals surface area contributed by atoms with Crippen molar-refractivity contribution in [3.8, 4) is 0 Å². The van der Waals surface area contributed by atoms with E-state index in [4.69, 9.17) is 0 Å². The monoisotopic (exact) mass is 342 g/mol. The Bertz CT molecular complexity index is 761. The first-order valence-corrected chi connectivity index (χ1v) is 7.97. The predicted molar refractivity (Wildman–Crippen MR) is 92.3 cm³/mol. The summed E-state index contributed by atoms with van der Waals surface area (Å²) in [5.74, 6) is 0. The second-order valence-corrected chi connectivity index (χ2v) is 6.26. The third-order valence-corrected chi connectivity index (χ3v) is 4.67. The molecular formula is C18H19BrN2. The average molecular weight is 343 g/mol. The van der Waals surface area contributed by atoms with Gasteiger partial charge in [0.15, 0.2) is 0 Å². The zero-order valence-electron chi connectivity index (χ0n) is 12.3. The molecule has 0 radical (unpaired) electrons. The van der Waals surface area contributed by atoms with Gasteiger partial charge in [0.25, 0.3) is 0 Å². The van der Waals surface area contributed by atoms with Crippen molar-refractivity contribution in [2.45, 2.75) is 19.5 Å². The number of fused-ring (bicyclic) bond motifs is 1. The number of halogens is 1. The van der Waals surface area contributed by atoms with Gasteiger partial charge in [0.2, 0.25) is 0 Å². The molecule has 3 aromatic rings. The first kappa shape index (κ1) is 14.4. The van der Waals surface area contributed by atoms with Crippen molar-refractivity contribution < 1.29 is 0 Å². The number of aromatic nitrogens is 1. The zero-order chi connectivity index (χ0) is 14.8. The second-order valence-electron chi connectivity index (χ2n) is 5.41. The molecule has 0 fully saturated rings. The Hall–Kier alpha value is -1.58. The molecule has 0 unspecified atom stereocenters. The topological polar surface area (TPSA) is 17.0 Å². The summed E-state index contributed by atoms with van der Waals surface area (Å²) in [5.41, 5.74) is 3.91. The first-order chi connectivity index (χ1) is 10.2. The summed E-state index contributed by atoms with van der Waals surface area (Å²) in [6, 6.07) is 17.2. The lowest BCUT2D eigenvalue weighted by Gasteiger charge is -2.15. The van der Waals surface area contributed by atoms with E-state index in [1.165, 1.54) is 22.0 Å². The molecule has 21 heavy (non-hydrogen) atoms. The minimum atomic E-state index is 0.305. The molecule has 0 saturated carbocycles. The Morgan fingerprint density at radius 1 is 1.10 bits per heavy atom. The maximum absolute atomic E-state index is 3.62. The van der Waals surface area contributed by atoms with E-state index < -0.39 is 0 Å². The van der Waals surface area contributed by atoms with E-state index in [2.05, 4.69) is 88.4 Å². The Labute approximate surface area is 133 Å². The van der Waals surface area contributed by atoms with E-state index in [9.17, 15) is 0 Å². The molecule has 108 valence electrons. The van der Waals surface area contributed by atoms with E-state index in [1.807, 2.05) is 6.07 Å². The summed E-state index contributed by atoms with van der Waals surface area (Å²) in [7, 11) is 2.10. The van der Waals surface area contributed by atoms with Gasteiger partial charge in [-0.2, -0.15) is 0 Å². The Morgan fingerprint density at radius 3 is 2.62 bits per heavy atom. The van der Waals surface area contributed by atoms with E-state index >= 15 is 0 Å². The van der Waals surface area contributed by atoms with Gasteiger partial charge in [-0.3, -0.25) is 0 Å². The highest BCUT2D eigenvalue weighted by atomic mass is 79.9. The molecule has 0 saturated heterocycles. The van der Waals surface area contributed by atoms with Gasteiger partial charge in [0.1, 0.15) is 0 Å². The summed E-state index contributed by atoms with van der Waals surface area (Å²) >= 11 is 3.62. The van der Waals surface area contributed by atoms with Crippen LogP contribution in [0.15, 0.2) is 59.2 Å². The molecule has 0 aliphatic rings. The lowest BCUT2D eigenvalue weighted by Crippen LogP contribution is -2.18. The van der Waals surface area contributed by atoms with Gasteiger partial charge >= 0.3 is 0 Å². The highest BCUT2D eigenvalue weighted by Gasteiger charge is 2.10. The van der Waals surface area contributed by atoms with E-state index in [1.54, 1.807) is 0 Å². The van der Waals surface area contributed by atoms with Crippen LogP contribution in [-0.2, 0) is 13.6 Å². The van der Waals surface area contributed by atoms with E-state index in [0.29, 0.717) is 6.04 Å². The van der Waals surface area contributed by atoms with Crippen LogP contribution in [0, 0.1) is 0 Å². The summed E-state index contributed by atoms with van der Waals surface area (Å²) < 4.78 is 3.35. The number of benzene rings is 2. The van der Waals surface area contributed by atoms with Crippen molar-refractivity contribution in [2.24, 2.45) is 7.05 Å². The SMILES string of the molecule is C[C@H](NCc1cn(C)c2ccccc12)c1ccccc1Br. The molecule has 0 aliphatic carbocycles. The second kappa shape index (κ2) is 6.04. The molecule has 1 atom stereocenters. The predicted octanol–water partition coefficient (Wildman–Crippen LogP) is 4.79. The summed E-state index contributed by atoms with van der Waals surface area (Å²) in [6.07, 6.45) is 2.21. The van der Waals surface area contributed by atoms with Gasteiger partial charge in [-0.25, -0.2) is 0 Å². The number of hydrogen-bond acceptors (Lipinski definition) is 1. The minimum absolute atomic E-state index is 0.305. The van der Waals surface area contributed by atoms with E-state index in [-0.39, 0.29) is 0 Å². The molecule has 2 nitrogen and oxygen atoms in total. The Kier molecular flexibility index (Phi) is 4.13. The zero-order valence-corrected chi connectivity index (χ0v) is 13.9. The average Bonchev–Trinajstić information content (AvgIpc) is 2.82. The van der Waals surface area contributed by atoms with Crippen LogP contribution in [0.4, 0.5) is 0 Å². The van der Waals surface area contributed by atoms with Crippen molar-refractivity contribution >= 4 is 26.8 Å². The molecule has 2 aromatic carbocycles. The fourth-order valence-electron chi connectivity index (χ4n) is 2.77. The highest BCUT2D eigenvalue weighted by molar-refractivity contribution is 9.10. The van der Waals surface area contributed by atoms with Gasteiger partial charge in [0.05, 0.1) is 0 Å². The van der Waals surface area contributed by atoms with Crippen molar-refractivity contribution in [1.82, 2.24) is 9.88 Å². The maximum atomic E-state index is 3.62. The standard InChI is InChI=1S/C18H19BrN2/c1-13(15-7-3-5-9-17(15)19)20-11-14-12-21(2)18-10-6-4-8-16(14)18/h3-10,12-13,20H,11H2,1-2H3/t13-/m0/s1. The normalized spacial score (nSPS) is 12.7. The molecule has 0 spiro atoms. The Morgan fingerprint density at radius 2 is 1.81 bits per heavy atom. The van der Waals surface area contributed by atoms with Crippen LogP contribution >= 0.6 is 15.9 Å². The molecule has 0 bridgehead atoms. The number of nitrogens with one attached hydrogen (secondary N) is 1. The minimum Gasteiger partial charge on any atom is -0.350 e. The number of hydrogen-bond donors (Lipinski definition) is 1. The van der Waals surface area contributed by atoms with Crippen LogP contribution in [0.5, 0.6) is 0 Å². The van der Waals surface area contributed by atoms with Gasteiger partial charge in [-0.05, 0) is 30.2 Å².